The van der Waals surface area contributed by atoms with Crippen LogP contribution in [-0.2, 0) is 23.1 Å². The zero-order valence-corrected chi connectivity index (χ0v) is 19.6. The first-order chi connectivity index (χ1) is 15.6. The first-order valence-electron chi connectivity index (χ1n) is 10.4. The quantitative estimate of drug-likeness (QED) is 0.344. The average Bonchev–Trinajstić information content (AvgIpc) is 3.12. The number of para-hydroxylation sites is 1. The minimum Gasteiger partial charge on any atom is -0.358 e. The molecule has 2 aromatic carbocycles. The van der Waals surface area contributed by atoms with Gasteiger partial charge in [0.25, 0.3) is 0 Å². The molecule has 2 heterocycles. The maximum atomic E-state index is 13.3. The zero-order chi connectivity index (χ0) is 24.1. The average molecular weight is 469 g/mol. The first kappa shape index (κ1) is 22.7. The van der Waals surface area contributed by atoms with Crippen LogP contribution >= 0.6 is 0 Å². The van der Waals surface area contributed by atoms with Gasteiger partial charge in [-0.25, -0.2) is 12.7 Å². The van der Waals surface area contributed by atoms with Crippen LogP contribution in [0.2, 0.25) is 0 Å². The van der Waals surface area contributed by atoms with Crippen molar-refractivity contribution in [3.63, 3.8) is 0 Å². The minimum atomic E-state index is -3.79. The van der Waals surface area contributed by atoms with E-state index in [1.54, 1.807) is 13.8 Å². The lowest BCUT2D eigenvalue weighted by Crippen LogP contribution is -2.42. The van der Waals surface area contributed by atoms with Crippen LogP contribution < -0.4 is 11.1 Å². The van der Waals surface area contributed by atoms with Gasteiger partial charge in [-0.1, -0.05) is 18.2 Å². The van der Waals surface area contributed by atoms with E-state index < -0.39 is 27.7 Å². The molecule has 172 valence electrons. The molecule has 0 aliphatic carbocycles. The normalized spacial score (nSPS) is 12.2. The highest BCUT2D eigenvalue weighted by Gasteiger charge is 2.23. The Morgan fingerprint density at radius 3 is 2.33 bits per heavy atom. The summed E-state index contributed by atoms with van der Waals surface area (Å²) in [5.41, 5.74) is 0.805. The number of nitrogens with one attached hydrogen (secondary N) is 1. The smallest absolute Gasteiger partial charge is 0.317 e. The van der Waals surface area contributed by atoms with E-state index in [0.717, 1.165) is 19.8 Å². The summed E-state index contributed by atoms with van der Waals surface area (Å²) in [5, 5.41) is 0.718. The predicted octanol–water partition coefficient (Wildman–Crippen LogP) is 2.11. The number of rotatable bonds is 6. The molecule has 0 saturated carbocycles. The molecule has 4 aromatic rings. The second kappa shape index (κ2) is 8.13. The number of aromatic nitrogens is 3. The Kier molecular flexibility index (Phi) is 5.59. The van der Waals surface area contributed by atoms with Crippen LogP contribution in [0, 0.1) is 6.92 Å². The zero-order valence-electron chi connectivity index (χ0n) is 18.7. The number of sulfonamides is 1. The van der Waals surface area contributed by atoms with E-state index in [-0.39, 0.29) is 22.7 Å². The molecule has 0 bridgehead atoms. The summed E-state index contributed by atoms with van der Waals surface area (Å²) in [7, 11) is -0.983. The number of benzene rings is 2. The topological polar surface area (TPSA) is 114 Å². The molecule has 0 saturated heterocycles. The summed E-state index contributed by atoms with van der Waals surface area (Å²) in [6, 6.07) is 11.5. The first-order valence-corrected chi connectivity index (χ1v) is 11.8. The van der Waals surface area contributed by atoms with E-state index >= 15 is 0 Å². The van der Waals surface area contributed by atoms with Crippen LogP contribution in [0.5, 0.6) is 0 Å². The molecule has 0 atom stereocenters. The highest BCUT2D eigenvalue weighted by atomic mass is 32.2. The third kappa shape index (κ3) is 3.61. The summed E-state index contributed by atoms with van der Waals surface area (Å²) in [5.74, 6) is -0.358. The number of aromatic amines is 1. The van der Waals surface area contributed by atoms with Crippen molar-refractivity contribution in [2.24, 2.45) is 0 Å². The van der Waals surface area contributed by atoms with E-state index in [4.69, 9.17) is 0 Å². The molecule has 10 heteroatoms. The van der Waals surface area contributed by atoms with Crippen LogP contribution in [0.25, 0.3) is 21.9 Å². The molecule has 0 radical (unpaired) electrons. The number of carbonyl (C=O) groups is 1. The largest absolute Gasteiger partial charge is 0.358 e. The van der Waals surface area contributed by atoms with Crippen molar-refractivity contribution >= 4 is 37.7 Å². The molecule has 0 fully saturated rings. The van der Waals surface area contributed by atoms with Gasteiger partial charge in [0.15, 0.2) is 5.78 Å². The Morgan fingerprint density at radius 2 is 1.67 bits per heavy atom. The minimum absolute atomic E-state index is 0.0369. The maximum Gasteiger partial charge on any atom is 0.317 e. The Morgan fingerprint density at radius 1 is 1.00 bits per heavy atom. The van der Waals surface area contributed by atoms with E-state index in [9.17, 15) is 22.8 Å². The van der Waals surface area contributed by atoms with Gasteiger partial charge in [0.1, 0.15) is 0 Å². The molecule has 9 nitrogen and oxygen atoms in total. The molecule has 0 unspecified atom stereocenters. The number of nitrogens with zero attached hydrogens (tertiary/aromatic N) is 3. The number of H-pyrrole nitrogens is 1. The SMILES string of the molecule is CCn1c(=O)c(=O)n(CC(=O)c2c(C)[nH]c3ccccc23)c2cc(S(=O)(=O)N(C)C)ccc21. The number of Topliss-reactive ketones (excluding diaryl/α,β-unsaturated/α-hetero) is 1. The van der Waals surface area contributed by atoms with Crippen molar-refractivity contribution in [2.75, 3.05) is 14.1 Å². The molecule has 2 aromatic heterocycles. The van der Waals surface area contributed by atoms with Crippen LogP contribution in [-0.4, -0.2) is 46.7 Å². The standard InChI is InChI=1S/C23H24N4O5S/c1-5-26-18-11-10-15(33(31,32)25(3)4)12-19(18)27(23(30)22(26)29)13-20(28)21-14(2)24-17-9-7-6-8-16(17)21/h6-12,24H,5,13H2,1-4H3. The van der Waals surface area contributed by atoms with Crippen molar-refractivity contribution in [2.45, 2.75) is 31.8 Å². The number of fused-ring (bicyclic) bond motifs is 2. The summed E-state index contributed by atoms with van der Waals surface area (Å²) >= 11 is 0. The Bertz CT molecular complexity index is 1640. The lowest BCUT2D eigenvalue weighted by molar-refractivity contribution is 0.0973. The highest BCUT2D eigenvalue weighted by Crippen LogP contribution is 2.24. The molecule has 4 rings (SSSR count). The number of ketones is 1. The monoisotopic (exact) mass is 468 g/mol. The number of carbonyl (C=O) groups excluding carboxylic acids is 1. The Balaban J connectivity index is 1.97. The van der Waals surface area contributed by atoms with Crippen LogP contribution in [0.15, 0.2) is 56.9 Å². The molecule has 0 aliphatic heterocycles. The van der Waals surface area contributed by atoms with Gasteiger partial charge >= 0.3 is 11.1 Å². The lowest BCUT2D eigenvalue weighted by atomic mass is 10.1. The summed E-state index contributed by atoms with van der Waals surface area (Å²) in [6.45, 7) is 3.31. The van der Waals surface area contributed by atoms with Crippen molar-refractivity contribution in [1.82, 2.24) is 18.4 Å². The van der Waals surface area contributed by atoms with E-state index in [0.29, 0.717) is 16.8 Å². The number of aryl methyl sites for hydroxylation is 2. The van der Waals surface area contributed by atoms with Crippen molar-refractivity contribution in [3.8, 4) is 0 Å². The van der Waals surface area contributed by atoms with Gasteiger partial charge in [0.2, 0.25) is 10.0 Å². The third-order valence-corrected chi connectivity index (χ3v) is 7.58. The molecule has 0 aliphatic rings. The van der Waals surface area contributed by atoms with Crippen molar-refractivity contribution in [1.29, 1.82) is 0 Å². The summed E-state index contributed by atoms with van der Waals surface area (Å²) in [4.78, 5) is 42.2. The van der Waals surface area contributed by atoms with Gasteiger partial charge in [-0.2, -0.15) is 0 Å². The van der Waals surface area contributed by atoms with Gasteiger partial charge in [-0.15, -0.1) is 0 Å². The fraction of sp³-hybridized carbons (Fsp3) is 0.261. The van der Waals surface area contributed by atoms with Crippen LogP contribution in [0.1, 0.15) is 23.0 Å². The van der Waals surface area contributed by atoms with Crippen LogP contribution in [0.3, 0.4) is 0 Å². The van der Waals surface area contributed by atoms with Crippen molar-refractivity contribution < 1.29 is 13.2 Å². The lowest BCUT2D eigenvalue weighted by Gasteiger charge is -2.16. The number of hydrogen-bond donors (Lipinski definition) is 1. The third-order valence-electron chi connectivity index (χ3n) is 5.77. The summed E-state index contributed by atoms with van der Waals surface area (Å²) in [6.07, 6.45) is 0. The molecule has 0 spiro atoms. The van der Waals surface area contributed by atoms with Gasteiger partial charge in [-0.05, 0) is 38.1 Å². The highest BCUT2D eigenvalue weighted by molar-refractivity contribution is 7.89. The number of hydrogen-bond acceptors (Lipinski definition) is 5. The molecule has 0 amide bonds. The molecular formula is C23H24N4O5S. The Hall–Kier alpha value is -3.50. The molecular weight excluding hydrogens is 444 g/mol. The van der Waals surface area contributed by atoms with E-state index in [1.165, 1.54) is 36.9 Å². The van der Waals surface area contributed by atoms with E-state index in [2.05, 4.69) is 4.98 Å². The second-order valence-electron chi connectivity index (χ2n) is 7.97. The van der Waals surface area contributed by atoms with Crippen molar-refractivity contribution in [3.05, 3.63) is 74.4 Å². The molecule has 1 N–H and O–H groups in total. The fourth-order valence-electron chi connectivity index (χ4n) is 4.10. The molecule has 33 heavy (non-hydrogen) atoms. The van der Waals surface area contributed by atoms with Gasteiger partial charge < -0.3 is 9.55 Å². The Labute approximate surface area is 189 Å². The maximum absolute atomic E-state index is 13.3. The van der Waals surface area contributed by atoms with Gasteiger partial charge in [0.05, 0.1) is 22.5 Å². The van der Waals surface area contributed by atoms with Gasteiger partial charge in [0, 0.05) is 42.8 Å². The summed E-state index contributed by atoms with van der Waals surface area (Å²) < 4.78 is 28.8. The van der Waals surface area contributed by atoms with Crippen LogP contribution in [0.4, 0.5) is 0 Å². The van der Waals surface area contributed by atoms with E-state index in [1.807, 2.05) is 24.3 Å². The predicted molar refractivity (Wildman–Crippen MR) is 126 cm³/mol. The second-order valence-corrected chi connectivity index (χ2v) is 10.1. The fourth-order valence-corrected chi connectivity index (χ4v) is 5.02. The van der Waals surface area contributed by atoms with Gasteiger partial charge in [-0.3, -0.25) is 19.0 Å².